The summed E-state index contributed by atoms with van der Waals surface area (Å²) in [5.41, 5.74) is 1.85. The molecular formula is C23H31BrN3O4+. The molecule has 0 saturated carbocycles. The number of unbranched alkanes of at least 4 members (excludes halogenated alkanes) is 1. The summed E-state index contributed by atoms with van der Waals surface area (Å²) < 4.78 is 19.9. The molecule has 8 heteroatoms. The van der Waals surface area contributed by atoms with Crippen LogP contribution in [0, 0.1) is 0 Å². The van der Waals surface area contributed by atoms with Crippen LogP contribution in [0.3, 0.4) is 0 Å². The Bertz CT molecular complexity index is 1090. The van der Waals surface area contributed by atoms with Gasteiger partial charge in [0.2, 0.25) is 5.75 Å². The van der Waals surface area contributed by atoms with Crippen LogP contribution in [0.15, 0.2) is 39.6 Å². The fourth-order valence-electron chi connectivity index (χ4n) is 3.90. The van der Waals surface area contributed by atoms with E-state index in [4.69, 9.17) is 14.2 Å². The molecule has 0 aliphatic rings. The number of ether oxygens (including phenoxy) is 3. The van der Waals surface area contributed by atoms with Crippen LogP contribution < -0.4 is 19.8 Å². The maximum atomic E-state index is 12.9. The number of fused-ring (bicyclic) bond motifs is 1. The van der Waals surface area contributed by atoms with Gasteiger partial charge in [-0.25, -0.2) is 0 Å². The van der Waals surface area contributed by atoms with Gasteiger partial charge in [0.05, 0.1) is 47.4 Å². The van der Waals surface area contributed by atoms with Gasteiger partial charge in [0, 0.05) is 16.6 Å². The van der Waals surface area contributed by atoms with Crippen LogP contribution in [-0.2, 0) is 13.1 Å². The highest BCUT2D eigenvalue weighted by Gasteiger charge is 2.21. The van der Waals surface area contributed by atoms with Crippen molar-refractivity contribution < 1.29 is 18.7 Å². The lowest BCUT2D eigenvalue weighted by Crippen LogP contribution is -2.39. The van der Waals surface area contributed by atoms with Crippen LogP contribution in [0.2, 0.25) is 0 Å². The minimum Gasteiger partial charge on any atom is -0.493 e. The normalized spacial score (nSPS) is 11.7. The molecule has 3 aromatic rings. The molecule has 31 heavy (non-hydrogen) atoms. The van der Waals surface area contributed by atoms with E-state index in [2.05, 4.69) is 59.4 Å². The fraction of sp³-hybridized carbons (Fsp3) is 0.435. The lowest BCUT2D eigenvalue weighted by molar-refractivity contribution is -0.903. The highest BCUT2D eigenvalue weighted by molar-refractivity contribution is 9.10. The molecule has 3 rings (SSSR count). The second kappa shape index (κ2) is 9.78. The molecule has 168 valence electrons. The summed E-state index contributed by atoms with van der Waals surface area (Å²) in [7, 11) is 9.12. The molecule has 0 spiro atoms. The van der Waals surface area contributed by atoms with Crippen molar-refractivity contribution in [3.8, 4) is 17.2 Å². The Kier molecular flexibility index (Phi) is 7.33. The molecule has 2 aromatic carbocycles. The lowest BCUT2D eigenvalue weighted by Gasteiger charge is -2.30. The zero-order chi connectivity index (χ0) is 22.6. The molecule has 0 fully saturated rings. The van der Waals surface area contributed by atoms with E-state index in [1.165, 1.54) is 5.56 Å². The van der Waals surface area contributed by atoms with Crippen molar-refractivity contribution >= 4 is 26.8 Å². The Morgan fingerprint density at radius 3 is 2.29 bits per heavy atom. The standard InChI is InChI=1S/C23H30BrN3O4/c1-27(2,15-16-8-10-17(24)11-9-16)13-7-6-12-26-23(28)18-14-19(29-3)21(30-4)22(31-5)20(18)25-26/h8-11,14H,6-7,12-13,15H2,1-5H3/p+1. The third-order valence-corrected chi connectivity index (χ3v) is 6.00. The number of nitrogens with zero attached hydrogens (tertiary/aromatic N) is 2. The molecule has 1 aromatic heterocycles. The summed E-state index contributed by atoms with van der Waals surface area (Å²) in [6.45, 7) is 2.60. The number of hydrogen-bond donors (Lipinski definition) is 1. The van der Waals surface area contributed by atoms with E-state index in [-0.39, 0.29) is 5.56 Å². The molecule has 0 unspecified atom stereocenters. The summed E-state index contributed by atoms with van der Waals surface area (Å²) in [5, 5.41) is 3.71. The first-order valence-electron chi connectivity index (χ1n) is 10.3. The number of aromatic nitrogens is 2. The zero-order valence-corrected chi connectivity index (χ0v) is 20.4. The van der Waals surface area contributed by atoms with Gasteiger partial charge in [0.1, 0.15) is 12.1 Å². The molecule has 0 bridgehead atoms. The summed E-state index contributed by atoms with van der Waals surface area (Å²) in [4.78, 5) is 12.9. The van der Waals surface area contributed by atoms with Crippen LogP contribution in [0.5, 0.6) is 17.2 Å². The topological polar surface area (TPSA) is 65.5 Å². The van der Waals surface area contributed by atoms with Crippen LogP contribution in [0.1, 0.15) is 18.4 Å². The van der Waals surface area contributed by atoms with Gasteiger partial charge in [-0.2, -0.15) is 0 Å². The highest BCUT2D eigenvalue weighted by atomic mass is 79.9. The Morgan fingerprint density at radius 1 is 1.00 bits per heavy atom. The first kappa shape index (κ1) is 23.2. The Morgan fingerprint density at radius 2 is 1.68 bits per heavy atom. The molecule has 0 saturated heterocycles. The molecule has 0 atom stereocenters. The minimum atomic E-state index is -0.0853. The lowest BCUT2D eigenvalue weighted by atomic mass is 10.2. The molecule has 0 amide bonds. The number of nitrogens with one attached hydrogen (secondary N) is 1. The van der Waals surface area contributed by atoms with Crippen LogP contribution in [0.25, 0.3) is 10.9 Å². The predicted octanol–water partition coefficient (Wildman–Crippen LogP) is 4.17. The van der Waals surface area contributed by atoms with Crippen LogP contribution >= 0.6 is 15.9 Å². The maximum absolute atomic E-state index is 12.9. The number of H-pyrrole nitrogens is 1. The Hall–Kier alpha value is -2.45. The van der Waals surface area contributed by atoms with E-state index in [1.807, 2.05) is 0 Å². The van der Waals surface area contributed by atoms with Gasteiger partial charge in [-0.05, 0) is 31.0 Å². The number of rotatable bonds is 10. The van der Waals surface area contributed by atoms with Gasteiger partial charge < -0.3 is 18.7 Å². The maximum Gasteiger partial charge on any atom is 0.274 e. The third kappa shape index (κ3) is 5.25. The number of aryl methyl sites for hydroxylation is 1. The van der Waals surface area contributed by atoms with Crippen molar-refractivity contribution in [3.05, 3.63) is 50.7 Å². The van der Waals surface area contributed by atoms with E-state index in [0.29, 0.717) is 34.7 Å². The number of benzene rings is 2. The first-order valence-corrected chi connectivity index (χ1v) is 11.1. The van der Waals surface area contributed by atoms with Crippen molar-refractivity contribution in [1.29, 1.82) is 0 Å². The molecular weight excluding hydrogens is 462 g/mol. The summed E-state index contributed by atoms with van der Waals surface area (Å²) >= 11 is 3.48. The fourth-order valence-corrected chi connectivity index (χ4v) is 4.16. The van der Waals surface area contributed by atoms with E-state index >= 15 is 0 Å². The predicted molar refractivity (Wildman–Crippen MR) is 126 cm³/mol. The summed E-state index contributed by atoms with van der Waals surface area (Å²) in [6, 6.07) is 10.2. The van der Waals surface area contributed by atoms with Gasteiger partial charge in [-0.15, -0.1) is 0 Å². The third-order valence-electron chi connectivity index (χ3n) is 5.47. The second-order valence-corrected chi connectivity index (χ2v) is 9.20. The summed E-state index contributed by atoms with van der Waals surface area (Å²) in [6.07, 6.45) is 1.90. The number of methoxy groups -OCH3 is 3. The van der Waals surface area contributed by atoms with Gasteiger partial charge in [0.15, 0.2) is 11.5 Å². The Balaban J connectivity index is 1.67. The SMILES string of the molecule is COc1cc2c(=O)n(CCCC[N+](C)(C)Cc3ccc(Br)cc3)[nH]c2c(OC)c1OC. The minimum absolute atomic E-state index is 0.0853. The number of quaternary nitrogens is 1. The second-order valence-electron chi connectivity index (χ2n) is 8.29. The van der Waals surface area contributed by atoms with Gasteiger partial charge in [-0.3, -0.25) is 14.6 Å². The average Bonchev–Trinajstić information content (AvgIpc) is 3.06. The van der Waals surface area contributed by atoms with Crippen LogP contribution in [0.4, 0.5) is 0 Å². The molecule has 0 radical (unpaired) electrons. The smallest absolute Gasteiger partial charge is 0.274 e. The van der Waals surface area contributed by atoms with E-state index in [0.717, 1.165) is 34.9 Å². The molecule has 1 heterocycles. The van der Waals surface area contributed by atoms with Gasteiger partial charge >= 0.3 is 0 Å². The largest absolute Gasteiger partial charge is 0.493 e. The van der Waals surface area contributed by atoms with E-state index < -0.39 is 0 Å². The van der Waals surface area contributed by atoms with Crippen molar-refractivity contribution in [2.45, 2.75) is 25.9 Å². The van der Waals surface area contributed by atoms with Gasteiger partial charge in [0.25, 0.3) is 5.56 Å². The average molecular weight is 493 g/mol. The molecule has 0 aliphatic carbocycles. The number of hydrogen-bond acceptors (Lipinski definition) is 4. The van der Waals surface area contributed by atoms with E-state index in [9.17, 15) is 4.79 Å². The van der Waals surface area contributed by atoms with E-state index in [1.54, 1.807) is 32.1 Å². The molecule has 0 aliphatic heterocycles. The quantitative estimate of drug-likeness (QED) is 0.340. The van der Waals surface area contributed by atoms with Crippen molar-refractivity contribution in [2.24, 2.45) is 0 Å². The summed E-state index contributed by atoms with van der Waals surface area (Å²) in [5.74, 6) is 1.42. The number of halogens is 1. The number of aromatic amines is 1. The van der Waals surface area contributed by atoms with Crippen molar-refractivity contribution in [3.63, 3.8) is 0 Å². The van der Waals surface area contributed by atoms with Crippen molar-refractivity contribution in [1.82, 2.24) is 9.78 Å². The van der Waals surface area contributed by atoms with Crippen LogP contribution in [-0.4, -0.2) is 56.2 Å². The van der Waals surface area contributed by atoms with Gasteiger partial charge in [-0.1, -0.05) is 28.1 Å². The monoisotopic (exact) mass is 492 g/mol. The highest BCUT2D eigenvalue weighted by Crippen LogP contribution is 2.41. The Labute approximate surface area is 191 Å². The molecule has 1 N–H and O–H groups in total. The molecule has 7 nitrogen and oxygen atoms in total. The van der Waals surface area contributed by atoms with Crippen molar-refractivity contribution in [2.75, 3.05) is 42.0 Å². The first-order chi connectivity index (χ1) is 14.8. The zero-order valence-electron chi connectivity index (χ0n) is 18.8.